The summed E-state index contributed by atoms with van der Waals surface area (Å²) in [6.45, 7) is 2.68. The molecular formula is C18H21ClN2O4S. The number of furan rings is 1. The van der Waals surface area contributed by atoms with Gasteiger partial charge in [-0.25, -0.2) is 8.42 Å². The van der Waals surface area contributed by atoms with Crippen LogP contribution >= 0.6 is 11.6 Å². The smallest absolute Gasteiger partial charge is 0.243 e. The van der Waals surface area contributed by atoms with Crippen LogP contribution in [0.2, 0.25) is 5.02 Å². The fourth-order valence-electron chi connectivity index (χ4n) is 2.99. The van der Waals surface area contributed by atoms with Crippen LogP contribution in [0.1, 0.15) is 24.2 Å². The summed E-state index contributed by atoms with van der Waals surface area (Å²) in [6.07, 6.45) is 2.84. The van der Waals surface area contributed by atoms with Crippen LogP contribution in [0.4, 0.5) is 0 Å². The summed E-state index contributed by atoms with van der Waals surface area (Å²) in [5.41, 5.74) is 0.819. The number of sulfonamides is 1. The Morgan fingerprint density at radius 2 is 2.19 bits per heavy atom. The van der Waals surface area contributed by atoms with E-state index < -0.39 is 10.0 Å². The largest absolute Gasteiger partial charge is 0.467 e. The fraction of sp³-hybridized carbons (Fsp3) is 0.389. The Labute approximate surface area is 158 Å². The van der Waals surface area contributed by atoms with E-state index >= 15 is 0 Å². The maximum absolute atomic E-state index is 12.9. The molecule has 0 spiro atoms. The van der Waals surface area contributed by atoms with Gasteiger partial charge in [0.25, 0.3) is 0 Å². The first-order chi connectivity index (χ1) is 12.4. The van der Waals surface area contributed by atoms with E-state index in [4.69, 9.17) is 16.0 Å². The van der Waals surface area contributed by atoms with Gasteiger partial charge in [-0.15, -0.1) is 0 Å². The van der Waals surface area contributed by atoms with Crippen molar-refractivity contribution in [2.75, 3.05) is 13.1 Å². The van der Waals surface area contributed by atoms with E-state index in [1.807, 2.05) is 6.92 Å². The Balaban J connectivity index is 1.68. The molecule has 6 nitrogen and oxygen atoms in total. The van der Waals surface area contributed by atoms with Crippen LogP contribution in [0.5, 0.6) is 0 Å². The van der Waals surface area contributed by atoms with Crippen LogP contribution < -0.4 is 5.32 Å². The number of rotatable bonds is 5. The maximum atomic E-state index is 12.9. The highest BCUT2D eigenvalue weighted by Crippen LogP contribution is 2.26. The number of aryl methyl sites for hydroxylation is 1. The molecule has 2 heterocycles. The lowest BCUT2D eigenvalue weighted by atomic mass is 9.99. The molecule has 0 aliphatic carbocycles. The molecule has 0 unspecified atom stereocenters. The molecule has 1 atom stereocenters. The van der Waals surface area contributed by atoms with Crippen molar-refractivity contribution < 1.29 is 17.6 Å². The second kappa shape index (κ2) is 7.82. The van der Waals surface area contributed by atoms with Gasteiger partial charge in [-0.3, -0.25) is 4.79 Å². The summed E-state index contributed by atoms with van der Waals surface area (Å²) in [5.74, 6) is 0.116. The molecule has 2 aromatic rings. The summed E-state index contributed by atoms with van der Waals surface area (Å²) in [7, 11) is -3.68. The third-order valence-corrected chi connectivity index (χ3v) is 6.82. The zero-order valence-electron chi connectivity index (χ0n) is 14.4. The van der Waals surface area contributed by atoms with E-state index in [2.05, 4.69) is 5.32 Å². The van der Waals surface area contributed by atoms with Crippen molar-refractivity contribution in [3.05, 3.63) is 52.9 Å². The molecule has 140 valence electrons. The first-order valence-electron chi connectivity index (χ1n) is 8.44. The molecule has 1 N–H and O–H groups in total. The van der Waals surface area contributed by atoms with E-state index in [1.54, 1.807) is 30.5 Å². The number of halogens is 1. The summed E-state index contributed by atoms with van der Waals surface area (Å²) in [4.78, 5) is 12.6. The van der Waals surface area contributed by atoms with E-state index in [-0.39, 0.29) is 23.3 Å². The van der Waals surface area contributed by atoms with Gasteiger partial charge in [0.2, 0.25) is 15.9 Å². The van der Waals surface area contributed by atoms with Crippen molar-refractivity contribution in [1.82, 2.24) is 9.62 Å². The molecule has 0 saturated carbocycles. The van der Waals surface area contributed by atoms with Crippen molar-refractivity contribution in [3.8, 4) is 0 Å². The second-order valence-corrected chi connectivity index (χ2v) is 8.76. The van der Waals surface area contributed by atoms with Gasteiger partial charge in [0.1, 0.15) is 5.76 Å². The molecule has 3 rings (SSSR count). The molecule has 1 saturated heterocycles. The van der Waals surface area contributed by atoms with Crippen LogP contribution in [-0.4, -0.2) is 31.7 Å². The average Bonchev–Trinajstić information content (AvgIpc) is 3.15. The summed E-state index contributed by atoms with van der Waals surface area (Å²) in [5, 5.41) is 3.22. The van der Waals surface area contributed by atoms with Crippen molar-refractivity contribution in [2.45, 2.75) is 31.2 Å². The van der Waals surface area contributed by atoms with Gasteiger partial charge in [0.05, 0.1) is 23.6 Å². The topological polar surface area (TPSA) is 79.6 Å². The summed E-state index contributed by atoms with van der Waals surface area (Å²) in [6, 6.07) is 8.23. The van der Waals surface area contributed by atoms with Gasteiger partial charge in [0, 0.05) is 18.1 Å². The van der Waals surface area contributed by atoms with E-state index in [0.717, 1.165) is 5.56 Å². The van der Waals surface area contributed by atoms with Crippen molar-refractivity contribution in [2.24, 2.45) is 5.92 Å². The van der Waals surface area contributed by atoms with E-state index in [1.165, 1.54) is 10.4 Å². The Morgan fingerprint density at radius 1 is 1.38 bits per heavy atom. The lowest BCUT2D eigenvalue weighted by molar-refractivity contribution is -0.126. The first-order valence-corrected chi connectivity index (χ1v) is 10.3. The lowest BCUT2D eigenvalue weighted by Crippen LogP contribution is -2.45. The molecule has 1 fully saturated rings. The SMILES string of the molecule is Cc1ccc(S(=O)(=O)N2CCC[C@@H](C(=O)NCc3ccco3)C2)cc1Cl. The molecular weight excluding hydrogens is 376 g/mol. The highest BCUT2D eigenvalue weighted by Gasteiger charge is 2.33. The maximum Gasteiger partial charge on any atom is 0.243 e. The van der Waals surface area contributed by atoms with Crippen LogP contribution in [0.25, 0.3) is 0 Å². The molecule has 1 aromatic carbocycles. The van der Waals surface area contributed by atoms with Gasteiger partial charge in [-0.1, -0.05) is 17.7 Å². The quantitative estimate of drug-likeness (QED) is 0.842. The Kier molecular flexibility index (Phi) is 5.70. The number of carbonyl (C=O) groups is 1. The van der Waals surface area contributed by atoms with Crippen molar-refractivity contribution in [1.29, 1.82) is 0 Å². The van der Waals surface area contributed by atoms with Crippen molar-refractivity contribution >= 4 is 27.5 Å². The molecule has 1 aromatic heterocycles. The van der Waals surface area contributed by atoms with Gasteiger partial charge >= 0.3 is 0 Å². The molecule has 1 aliphatic heterocycles. The van der Waals surface area contributed by atoms with Gasteiger partial charge in [0.15, 0.2) is 0 Å². The van der Waals surface area contributed by atoms with Crippen LogP contribution in [0.15, 0.2) is 45.9 Å². The lowest BCUT2D eigenvalue weighted by Gasteiger charge is -2.31. The second-order valence-electron chi connectivity index (χ2n) is 6.41. The number of benzene rings is 1. The summed E-state index contributed by atoms with van der Waals surface area (Å²) < 4.78 is 32.3. The number of hydrogen-bond acceptors (Lipinski definition) is 4. The predicted octanol–water partition coefficient (Wildman–Crippen LogP) is 2.96. The number of carbonyl (C=O) groups excluding carboxylic acids is 1. The molecule has 26 heavy (non-hydrogen) atoms. The minimum Gasteiger partial charge on any atom is -0.467 e. The third-order valence-electron chi connectivity index (χ3n) is 4.55. The predicted molar refractivity (Wildman–Crippen MR) is 98.2 cm³/mol. The number of amides is 1. The monoisotopic (exact) mass is 396 g/mol. The van der Waals surface area contributed by atoms with Crippen molar-refractivity contribution in [3.63, 3.8) is 0 Å². The van der Waals surface area contributed by atoms with Gasteiger partial charge < -0.3 is 9.73 Å². The number of piperidine rings is 1. The minimum absolute atomic E-state index is 0.157. The number of hydrogen-bond donors (Lipinski definition) is 1. The highest BCUT2D eigenvalue weighted by atomic mass is 35.5. The number of nitrogens with one attached hydrogen (secondary N) is 1. The van der Waals surface area contributed by atoms with Gasteiger partial charge in [-0.05, 0) is 49.6 Å². The van der Waals surface area contributed by atoms with Gasteiger partial charge in [-0.2, -0.15) is 4.31 Å². The third kappa shape index (κ3) is 4.11. The first kappa shape index (κ1) is 18.9. The molecule has 8 heteroatoms. The Morgan fingerprint density at radius 3 is 2.88 bits per heavy atom. The Hall–Kier alpha value is -1.83. The normalized spacial score (nSPS) is 18.6. The van der Waals surface area contributed by atoms with Crippen LogP contribution in [0.3, 0.4) is 0 Å². The van der Waals surface area contributed by atoms with Crippen LogP contribution in [0, 0.1) is 12.8 Å². The minimum atomic E-state index is -3.68. The zero-order valence-corrected chi connectivity index (χ0v) is 16.0. The molecule has 0 bridgehead atoms. The van der Waals surface area contributed by atoms with E-state index in [9.17, 15) is 13.2 Å². The zero-order chi connectivity index (χ0) is 18.7. The molecule has 0 radical (unpaired) electrons. The summed E-state index contributed by atoms with van der Waals surface area (Å²) >= 11 is 6.07. The highest BCUT2D eigenvalue weighted by molar-refractivity contribution is 7.89. The average molecular weight is 397 g/mol. The molecule has 1 amide bonds. The number of nitrogens with zero attached hydrogens (tertiary/aromatic N) is 1. The van der Waals surface area contributed by atoms with E-state index in [0.29, 0.717) is 36.7 Å². The van der Waals surface area contributed by atoms with Crippen LogP contribution in [-0.2, 0) is 21.4 Å². The standard InChI is InChI=1S/C18H21ClN2O4S/c1-13-6-7-16(10-17(13)19)26(23,24)21-8-2-4-14(12-21)18(22)20-11-15-5-3-9-25-15/h3,5-7,9-10,14H,2,4,8,11-12H2,1H3,(H,20,22)/t14-/m1/s1. The fourth-order valence-corrected chi connectivity index (χ4v) is 4.79. The molecule has 1 aliphatic rings. The Bertz CT molecular complexity index is 881.